The smallest absolute Gasteiger partial charge is 0.240 e. The summed E-state index contributed by atoms with van der Waals surface area (Å²) in [4.78, 5) is 13.6. The molecule has 0 aliphatic rings. The van der Waals surface area contributed by atoms with Crippen LogP contribution in [0.4, 0.5) is 0 Å². The number of amides is 1. The highest BCUT2D eigenvalue weighted by molar-refractivity contribution is 7.98. The van der Waals surface area contributed by atoms with Crippen molar-refractivity contribution in [1.29, 1.82) is 0 Å². The van der Waals surface area contributed by atoms with Gasteiger partial charge < -0.3 is 5.32 Å². The molecule has 26 heavy (non-hydrogen) atoms. The first-order chi connectivity index (χ1) is 12.4. The second-order valence-electron chi connectivity index (χ2n) is 5.91. The Kier molecular flexibility index (Phi) is 7.25. The molecule has 2 rings (SSSR count). The van der Waals surface area contributed by atoms with Crippen molar-refractivity contribution in [2.75, 3.05) is 13.3 Å². The fourth-order valence-corrected chi connectivity index (χ4v) is 3.64. The van der Waals surface area contributed by atoms with Gasteiger partial charge in [0.1, 0.15) is 0 Å². The summed E-state index contributed by atoms with van der Waals surface area (Å²) in [6, 6.07) is 14.7. The second kappa shape index (κ2) is 9.21. The van der Waals surface area contributed by atoms with Gasteiger partial charge >= 0.3 is 0 Å². The van der Waals surface area contributed by atoms with Crippen LogP contribution in [0.2, 0.25) is 0 Å². The molecular weight excluding hydrogens is 368 g/mol. The van der Waals surface area contributed by atoms with Crippen molar-refractivity contribution < 1.29 is 13.2 Å². The summed E-state index contributed by atoms with van der Waals surface area (Å²) in [5.41, 5.74) is 1.99. The first-order valence-electron chi connectivity index (χ1n) is 8.31. The van der Waals surface area contributed by atoms with Crippen LogP contribution in [-0.4, -0.2) is 27.6 Å². The molecule has 7 heteroatoms. The van der Waals surface area contributed by atoms with E-state index in [4.69, 9.17) is 0 Å². The van der Waals surface area contributed by atoms with E-state index in [0.717, 1.165) is 11.1 Å². The topological polar surface area (TPSA) is 75.3 Å². The van der Waals surface area contributed by atoms with E-state index in [0.29, 0.717) is 12.8 Å². The van der Waals surface area contributed by atoms with Crippen LogP contribution in [0.3, 0.4) is 0 Å². The van der Waals surface area contributed by atoms with Gasteiger partial charge in [-0.25, -0.2) is 13.1 Å². The van der Waals surface area contributed by atoms with Crippen molar-refractivity contribution >= 4 is 27.7 Å². The Balaban J connectivity index is 1.88. The summed E-state index contributed by atoms with van der Waals surface area (Å²) < 4.78 is 25.7. The number of carbonyl (C=O) groups excluding carboxylic acids is 1. The molecule has 2 aromatic carbocycles. The molecule has 5 nitrogen and oxygen atoms in total. The van der Waals surface area contributed by atoms with Crippen molar-refractivity contribution in [2.24, 2.45) is 0 Å². The van der Waals surface area contributed by atoms with Gasteiger partial charge in [0.25, 0.3) is 0 Å². The van der Waals surface area contributed by atoms with Crippen molar-refractivity contribution in [1.82, 2.24) is 10.0 Å². The lowest BCUT2D eigenvalue weighted by Gasteiger charge is -2.15. The molecule has 2 N–H and O–H groups in total. The van der Waals surface area contributed by atoms with Gasteiger partial charge in [-0.3, -0.25) is 4.79 Å². The molecule has 0 aliphatic heterocycles. The van der Waals surface area contributed by atoms with Crippen molar-refractivity contribution in [3.05, 3.63) is 59.7 Å². The van der Waals surface area contributed by atoms with Crippen LogP contribution in [-0.2, 0) is 21.2 Å². The molecule has 0 radical (unpaired) electrons. The minimum absolute atomic E-state index is 0.0293. The molecule has 0 heterocycles. The third-order valence-corrected chi connectivity index (χ3v) is 6.31. The first-order valence-corrected chi connectivity index (χ1v) is 11.0. The Morgan fingerprint density at radius 1 is 1.08 bits per heavy atom. The molecule has 0 spiro atoms. The number of hydrogen-bond donors (Lipinski definition) is 2. The normalized spacial score (nSPS) is 12.6. The molecule has 0 aromatic heterocycles. The average molecular weight is 393 g/mol. The number of sulfonamides is 1. The lowest BCUT2D eigenvalue weighted by molar-refractivity contribution is -0.121. The highest BCUT2D eigenvalue weighted by Gasteiger charge is 2.12. The molecule has 0 saturated carbocycles. The van der Waals surface area contributed by atoms with E-state index in [1.165, 1.54) is 11.9 Å². The number of benzene rings is 2. The Labute approximate surface area is 159 Å². The molecule has 140 valence electrons. The summed E-state index contributed by atoms with van der Waals surface area (Å²) in [6.45, 7) is 1.96. The van der Waals surface area contributed by atoms with Crippen LogP contribution < -0.4 is 10.0 Å². The maximum absolute atomic E-state index is 12.2. The molecule has 0 saturated heterocycles. The monoisotopic (exact) mass is 392 g/mol. The lowest BCUT2D eigenvalue weighted by atomic mass is 10.1. The van der Waals surface area contributed by atoms with Crippen LogP contribution in [0.25, 0.3) is 0 Å². The van der Waals surface area contributed by atoms with E-state index in [-0.39, 0.29) is 16.8 Å². The Bertz CT molecular complexity index is 832. The quantitative estimate of drug-likeness (QED) is 0.677. The summed E-state index contributed by atoms with van der Waals surface area (Å²) >= 11 is 1.68. The average Bonchev–Trinajstić information content (AvgIpc) is 2.66. The van der Waals surface area contributed by atoms with E-state index in [2.05, 4.69) is 10.0 Å². The van der Waals surface area contributed by atoms with Gasteiger partial charge in [0.05, 0.1) is 10.9 Å². The summed E-state index contributed by atoms with van der Waals surface area (Å²) in [6.07, 6.45) is 2.94. The zero-order valence-electron chi connectivity index (χ0n) is 15.2. The number of rotatable bonds is 8. The van der Waals surface area contributed by atoms with Gasteiger partial charge in [0.2, 0.25) is 15.9 Å². The van der Waals surface area contributed by atoms with Gasteiger partial charge in [0, 0.05) is 11.3 Å². The number of thioether (sulfide) groups is 1. The number of carbonyl (C=O) groups is 1. The molecule has 0 fully saturated rings. The zero-order valence-corrected chi connectivity index (χ0v) is 16.8. The first kappa shape index (κ1) is 20.5. The van der Waals surface area contributed by atoms with E-state index in [1.54, 1.807) is 36.0 Å². The molecule has 1 amide bonds. The predicted octanol–water partition coefficient (Wildman–Crippen LogP) is 3.13. The molecule has 1 unspecified atom stereocenters. The fourth-order valence-electron chi connectivity index (χ4n) is 2.50. The maximum Gasteiger partial charge on any atom is 0.240 e. The van der Waals surface area contributed by atoms with E-state index < -0.39 is 10.0 Å². The minimum atomic E-state index is -3.43. The molecule has 1 atom stereocenters. The summed E-state index contributed by atoms with van der Waals surface area (Å²) in [5, 5.41) is 3.00. The van der Waals surface area contributed by atoms with Crippen LogP contribution in [0, 0.1) is 0 Å². The van der Waals surface area contributed by atoms with Crippen LogP contribution in [0.15, 0.2) is 58.3 Å². The highest BCUT2D eigenvalue weighted by Crippen LogP contribution is 2.19. The number of hydrogen-bond acceptors (Lipinski definition) is 4. The lowest BCUT2D eigenvalue weighted by Crippen LogP contribution is -2.26. The third kappa shape index (κ3) is 5.59. The number of aryl methyl sites for hydroxylation is 1. The second-order valence-corrected chi connectivity index (χ2v) is 8.68. The van der Waals surface area contributed by atoms with Crippen molar-refractivity contribution in [3.63, 3.8) is 0 Å². The van der Waals surface area contributed by atoms with Gasteiger partial charge in [-0.2, -0.15) is 0 Å². The Morgan fingerprint density at radius 2 is 1.69 bits per heavy atom. The van der Waals surface area contributed by atoms with Gasteiger partial charge in [-0.05, 0) is 62.0 Å². The third-order valence-electron chi connectivity index (χ3n) is 4.14. The highest BCUT2D eigenvalue weighted by atomic mass is 32.2. The SMILES string of the molecule is CNS(=O)(=O)c1ccc(CCC(=O)NC(C)c2ccc(SC)cc2)cc1. The standard InChI is InChI=1S/C19H24N2O3S2/c1-14(16-7-9-17(25-3)10-8-16)21-19(22)13-6-15-4-11-18(12-5-15)26(23,24)20-2/h4-5,7-12,14,20H,6,13H2,1-3H3,(H,21,22). The molecule has 0 aliphatic carbocycles. The van der Waals surface area contributed by atoms with E-state index >= 15 is 0 Å². The molecule has 2 aromatic rings. The van der Waals surface area contributed by atoms with Crippen LogP contribution >= 0.6 is 11.8 Å². The minimum Gasteiger partial charge on any atom is -0.350 e. The Hall–Kier alpha value is -1.83. The Morgan fingerprint density at radius 3 is 2.23 bits per heavy atom. The van der Waals surface area contributed by atoms with Gasteiger partial charge in [0.15, 0.2) is 0 Å². The van der Waals surface area contributed by atoms with Gasteiger partial charge in [-0.1, -0.05) is 24.3 Å². The van der Waals surface area contributed by atoms with Crippen molar-refractivity contribution in [2.45, 2.75) is 35.6 Å². The van der Waals surface area contributed by atoms with Crippen LogP contribution in [0.1, 0.15) is 30.5 Å². The largest absolute Gasteiger partial charge is 0.350 e. The molecule has 0 bridgehead atoms. The summed E-state index contributed by atoms with van der Waals surface area (Å²) in [5.74, 6) is -0.0293. The van der Waals surface area contributed by atoms with E-state index in [1.807, 2.05) is 37.4 Å². The van der Waals surface area contributed by atoms with Crippen LogP contribution in [0.5, 0.6) is 0 Å². The zero-order chi connectivity index (χ0) is 19.2. The molecular formula is C19H24N2O3S2. The van der Waals surface area contributed by atoms with E-state index in [9.17, 15) is 13.2 Å². The predicted molar refractivity (Wildman–Crippen MR) is 106 cm³/mol. The fraction of sp³-hybridized carbons (Fsp3) is 0.316. The van der Waals surface area contributed by atoms with Gasteiger partial charge in [-0.15, -0.1) is 11.8 Å². The van der Waals surface area contributed by atoms with Crippen molar-refractivity contribution in [3.8, 4) is 0 Å². The maximum atomic E-state index is 12.2. The number of nitrogens with one attached hydrogen (secondary N) is 2. The summed E-state index contributed by atoms with van der Waals surface area (Å²) in [7, 11) is -2.05.